The van der Waals surface area contributed by atoms with E-state index in [1.807, 2.05) is 0 Å². The van der Waals surface area contributed by atoms with Crippen LogP contribution in [0.3, 0.4) is 0 Å². The number of aliphatic carboxylic acids is 1. The number of phenols is 3. The topological polar surface area (TPSA) is 599 Å². The van der Waals surface area contributed by atoms with Crippen LogP contribution >= 0.6 is 23.2 Å². The number of nitrogens with two attached hydrogens (primary N) is 1. The minimum Gasteiger partial charge on any atom is -0.508 e. The summed E-state index contributed by atoms with van der Waals surface area (Å²) < 4.78 is 55.2. The summed E-state index contributed by atoms with van der Waals surface area (Å²) in [6.07, 6.45) is -21.6. The highest BCUT2D eigenvalue weighted by Gasteiger charge is 2.53. The normalized spacial score (nSPS) is 26.4. The van der Waals surface area contributed by atoms with Gasteiger partial charge in [0.25, 0.3) is 0 Å². The van der Waals surface area contributed by atoms with Crippen LogP contribution in [-0.4, -0.2) is 228 Å². The highest BCUT2D eigenvalue weighted by molar-refractivity contribution is 6.32. The lowest BCUT2D eigenvalue weighted by atomic mass is 9.85. The third-order valence-corrected chi connectivity index (χ3v) is 21.3. The molecule has 8 amide bonds. The van der Waals surface area contributed by atoms with Gasteiger partial charge in [0.15, 0.2) is 29.9 Å². The minimum atomic E-state index is -2.41. The molecule has 2 saturated heterocycles. The number of esters is 1. The highest BCUT2D eigenvalue weighted by atomic mass is 35.5. The van der Waals surface area contributed by atoms with Crippen molar-refractivity contribution in [1.29, 1.82) is 0 Å². The smallest absolute Gasteiger partial charge is 0.407 e. The number of aliphatic hydroxyl groups excluding tert-OH is 7. The molecule has 0 aliphatic carbocycles. The Hall–Kier alpha value is -11.3. The van der Waals surface area contributed by atoms with E-state index in [1.54, 1.807) is 39.8 Å². The third kappa shape index (κ3) is 20.5. The first kappa shape index (κ1) is 90.5. The molecule has 2 fully saturated rings. The maximum Gasteiger partial charge on any atom is 0.407 e. The summed E-state index contributed by atoms with van der Waals surface area (Å²) in [5.41, 5.74) is 2.35. The number of alkyl carbamates (subject to hydrolysis) is 1. The van der Waals surface area contributed by atoms with Crippen molar-refractivity contribution >= 4 is 82.6 Å². The molecule has 121 heavy (non-hydrogen) atoms. The number of carboxylic acids is 1. The molecular formula is C80H91Cl2N9O30. The molecule has 7 heterocycles. The number of ether oxygens (including phenoxy) is 9. The predicted octanol–water partition coefficient (Wildman–Crippen LogP) is 1.61. The Bertz CT molecular complexity index is 4960. The molecule has 21 N–H and O–H groups in total. The van der Waals surface area contributed by atoms with Crippen molar-refractivity contribution in [2.24, 2.45) is 11.7 Å². The highest BCUT2D eigenvalue weighted by Crippen LogP contribution is 2.50. The fraction of sp³-hybridized carbons (Fsp3) is 0.425. The summed E-state index contributed by atoms with van der Waals surface area (Å²) in [5.74, 6) is -17.2. The van der Waals surface area contributed by atoms with Crippen LogP contribution in [0.5, 0.6) is 51.7 Å². The minimum absolute atomic E-state index is 0.0951. The lowest BCUT2D eigenvalue weighted by Crippen LogP contribution is -2.66. The molecule has 9 unspecified atom stereocenters. The Balaban J connectivity index is 1.07. The Morgan fingerprint density at radius 3 is 1.92 bits per heavy atom. The number of aromatic hydroxyl groups is 3. The molecule has 7 aliphatic rings. The Kier molecular flexibility index (Phi) is 28.6. The summed E-state index contributed by atoms with van der Waals surface area (Å²) in [6, 6.07) is 1.85. The van der Waals surface area contributed by atoms with Crippen LogP contribution < -0.4 is 67.2 Å². The monoisotopic (exact) mass is 1730 g/mol. The van der Waals surface area contributed by atoms with E-state index in [4.69, 9.17) is 76.7 Å². The van der Waals surface area contributed by atoms with Crippen LogP contribution in [0.25, 0.3) is 11.1 Å². The molecule has 18 atom stereocenters. The van der Waals surface area contributed by atoms with Crippen LogP contribution in [0, 0.1) is 19.8 Å². The number of aryl methyl sites for hydroxylation is 2. The van der Waals surface area contributed by atoms with Crippen LogP contribution in [0.1, 0.15) is 122 Å². The fourth-order valence-corrected chi connectivity index (χ4v) is 15.1. The molecule has 0 aromatic heterocycles. The quantitative estimate of drug-likeness (QED) is 0.0276. The van der Waals surface area contributed by atoms with E-state index in [0.29, 0.717) is 16.7 Å². The van der Waals surface area contributed by atoms with Gasteiger partial charge in [-0.05, 0) is 153 Å². The van der Waals surface area contributed by atoms with Crippen molar-refractivity contribution < 1.29 is 147 Å². The maximum absolute atomic E-state index is 16.2. The van der Waals surface area contributed by atoms with Crippen molar-refractivity contribution in [3.63, 3.8) is 0 Å². The number of carboxylic acid groups (broad SMARTS) is 1. The average molecular weight is 1730 g/mol. The lowest BCUT2D eigenvalue weighted by molar-refractivity contribution is -0.334. The van der Waals surface area contributed by atoms with E-state index in [-0.39, 0.29) is 49.0 Å². The fourth-order valence-electron chi connectivity index (χ4n) is 14.7. The number of amides is 8. The molecule has 39 nitrogen and oxygen atoms in total. The molecular weight excluding hydrogens is 1640 g/mol. The first-order valence-electron chi connectivity index (χ1n) is 37.9. The second-order valence-electron chi connectivity index (χ2n) is 30.1. The number of hydrogen-bond acceptors (Lipinski definition) is 30. The SMILES string of the molecule is CN[C@H](CC(C)C)C(=O)N[C@H]1C(=O)N[C@@H](CC(N)=O)C(=O)N[C@H]2C(=O)N[C@H]3C(=O)N[C@H](C(=O)N[C@H](C(=O)O)c4cc(O)cc(O)c4-c4cc3ccc4O)[C@H](O)c3ccc(c(Cl)c3)Oc3cc2cc(c3OC2OC(CO)C(O)C(O)C2OC2CC(C)(NC(=O)OCc3cc(C)c(OC(=O)COCCO)c(C)c3)C(O)C(C)O2)Oc2ccc(cc2Cl)[C@H]1O. The van der Waals surface area contributed by atoms with Crippen LogP contribution in [0.15, 0.2) is 91.0 Å². The van der Waals surface area contributed by atoms with Crippen molar-refractivity contribution in [2.45, 2.75) is 177 Å². The maximum atomic E-state index is 16.2. The number of carbonyl (C=O) groups excluding carboxylic acids is 9. The van der Waals surface area contributed by atoms with E-state index in [2.05, 4.69) is 42.5 Å². The van der Waals surface area contributed by atoms with Gasteiger partial charge < -0.3 is 147 Å². The average Bonchev–Trinajstić information content (AvgIpc) is 0.764. The first-order chi connectivity index (χ1) is 57.3. The number of nitrogens with one attached hydrogen (secondary N) is 8. The zero-order chi connectivity index (χ0) is 88.1. The summed E-state index contributed by atoms with van der Waals surface area (Å²) in [7, 11) is 1.46. The summed E-state index contributed by atoms with van der Waals surface area (Å²) in [6.45, 7) is 7.45. The van der Waals surface area contributed by atoms with E-state index < -0.39 is 279 Å². The summed E-state index contributed by atoms with van der Waals surface area (Å²) in [5, 5.41) is 144. The summed E-state index contributed by atoms with van der Waals surface area (Å²) in [4.78, 5) is 144. The summed E-state index contributed by atoms with van der Waals surface area (Å²) >= 11 is 14.3. The van der Waals surface area contributed by atoms with E-state index in [0.717, 1.165) is 72.8 Å². The first-order valence-corrected chi connectivity index (χ1v) is 38.7. The van der Waals surface area contributed by atoms with Crippen molar-refractivity contribution in [1.82, 2.24) is 42.5 Å². The zero-order valence-corrected chi connectivity index (χ0v) is 67.2. The molecule has 650 valence electrons. The Morgan fingerprint density at radius 1 is 0.694 bits per heavy atom. The Labute approximate surface area is 698 Å². The number of hydrogen-bond donors (Lipinski definition) is 20. The number of phenolic OH excluding ortho intramolecular Hbond substituents is 3. The van der Waals surface area contributed by atoms with Gasteiger partial charge in [0, 0.05) is 29.2 Å². The number of halogens is 2. The molecule has 0 spiro atoms. The number of benzene rings is 6. The second kappa shape index (κ2) is 38.2. The molecule has 11 bridgehead atoms. The molecule has 6 aromatic rings. The van der Waals surface area contributed by atoms with Gasteiger partial charge in [-0.2, -0.15) is 0 Å². The standard InChI is InChI=1S/C80H91Cl2N9O30/c1-31(2)16-45(84-7)71(104)89-61-63(99)37-9-12-49(43(81)20-37)116-51-22-39-23-52(68(51)121-78-69(66(102)65(101)53(28-93)118-78)120-56-27-80(6,70(103)34(5)115-56)91-79(112)114-29-35-17-32(3)67(33(4)18-35)119-55(98)30-113-15-14-92)117-50-13-10-38(21-44(50)82)64(100)62-76(109)88-60(77(110)111)42-24-40(94)25-48(96)57(42)41-19-36(8-11-47(41)95)58(73(106)90-62)87-74(107)59(39)86-72(105)46(26-54(83)97)85-75(61)108/h8-13,17-25,31,34,45-46,53,56,58-66,69-70,78,84,92-96,99-103H,14-16,26-30H2,1-7H3,(H2,83,97)(H,85,108)(H,86,105)(H,87,107)(H,88,109)(H,89,104)(H,90,106)(H,91,112)(H,110,111)/t34?,45-,46+,53?,56?,58-,59-,60+,61-,62+,63-,64-,65?,66?,69?,70?,78?,80?/m1/s1. The molecule has 0 saturated carbocycles. The van der Waals surface area contributed by atoms with Crippen molar-refractivity contribution in [3.8, 4) is 62.9 Å². The van der Waals surface area contributed by atoms with E-state index >= 15 is 14.4 Å². The number of carbonyl (C=O) groups is 10. The number of likely N-dealkylation sites (N-methyl/N-ethyl adjacent to an activating group) is 1. The van der Waals surface area contributed by atoms with E-state index in [1.165, 1.54) is 27.0 Å². The van der Waals surface area contributed by atoms with Gasteiger partial charge in [0.2, 0.25) is 53.4 Å². The number of primary amides is 1. The van der Waals surface area contributed by atoms with Gasteiger partial charge in [-0.1, -0.05) is 55.2 Å². The van der Waals surface area contributed by atoms with Gasteiger partial charge in [-0.15, -0.1) is 0 Å². The van der Waals surface area contributed by atoms with E-state index in [9.17, 15) is 84.6 Å². The van der Waals surface area contributed by atoms with Gasteiger partial charge in [-0.3, -0.25) is 33.6 Å². The van der Waals surface area contributed by atoms with Crippen LogP contribution in [0.2, 0.25) is 10.0 Å². The van der Waals surface area contributed by atoms with Crippen LogP contribution in [0.4, 0.5) is 4.79 Å². The Morgan fingerprint density at radius 2 is 1.31 bits per heavy atom. The second-order valence-corrected chi connectivity index (χ2v) is 31.0. The van der Waals surface area contributed by atoms with Crippen molar-refractivity contribution in [3.05, 3.63) is 146 Å². The zero-order valence-electron chi connectivity index (χ0n) is 65.7. The third-order valence-electron chi connectivity index (χ3n) is 20.7. The van der Waals surface area contributed by atoms with Gasteiger partial charge in [-0.25, -0.2) is 14.4 Å². The van der Waals surface area contributed by atoms with Gasteiger partial charge in [0.05, 0.1) is 54.0 Å². The largest absolute Gasteiger partial charge is 0.508 e. The van der Waals surface area contributed by atoms with Gasteiger partial charge in [0.1, 0.15) is 115 Å². The molecule has 0 radical (unpaired) electrons. The molecule has 6 aromatic carbocycles. The molecule has 7 aliphatic heterocycles. The number of rotatable bonds is 21. The molecule has 13 rings (SSSR count). The molecule has 41 heteroatoms. The lowest BCUT2D eigenvalue weighted by Gasteiger charge is -2.48. The predicted molar refractivity (Wildman–Crippen MR) is 418 cm³/mol. The van der Waals surface area contributed by atoms with Crippen LogP contribution in [-0.2, 0) is 73.4 Å². The van der Waals surface area contributed by atoms with Crippen molar-refractivity contribution in [2.75, 3.05) is 33.5 Å². The number of fused-ring (bicyclic) bond motifs is 15. The number of aliphatic hydroxyl groups is 7. The van der Waals surface area contributed by atoms with Gasteiger partial charge >= 0.3 is 18.0 Å².